The lowest BCUT2D eigenvalue weighted by atomic mass is 10.1. The minimum Gasteiger partial charge on any atom is -0.496 e. The predicted molar refractivity (Wildman–Crippen MR) is 80.8 cm³/mol. The third kappa shape index (κ3) is 4.63. The molecule has 0 N–H and O–H groups in total. The number of carbonyl (C=O) groups is 2. The molecule has 6 heteroatoms. The molecule has 0 aliphatic carbocycles. The summed E-state index contributed by atoms with van der Waals surface area (Å²) in [6.07, 6.45) is 0. The van der Waals surface area contributed by atoms with Crippen LogP contribution in [0.5, 0.6) is 5.75 Å². The Kier molecular flexibility index (Phi) is 6.49. The zero-order valence-electron chi connectivity index (χ0n) is 12.7. The van der Waals surface area contributed by atoms with Crippen LogP contribution in [0.4, 0.5) is 0 Å². The minimum atomic E-state index is -0.438. The molecule has 1 aromatic carbocycles. The second-order valence-electron chi connectivity index (χ2n) is 4.68. The molecule has 0 aromatic heterocycles. The van der Waals surface area contributed by atoms with E-state index in [1.165, 1.54) is 12.0 Å². The van der Waals surface area contributed by atoms with Gasteiger partial charge in [-0.1, -0.05) is 11.6 Å². The molecule has 1 aromatic rings. The average Bonchev–Trinajstić information content (AvgIpc) is 2.43. The van der Waals surface area contributed by atoms with Crippen molar-refractivity contribution in [1.82, 2.24) is 4.90 Å². The number of hydrogen-bond donors (Lipinski definition) is 0. The van der Waals surface area contributed by atoms with Crippen molar-refractivity contribution in [1.29, 1.82) is 0 Å². The molecule has 0 spiro atoms. The van der Waals surface area contributed by atoms with E-state index in [-0.39, 0.29) is 25.1 Å². The molecule has 0 heterocycles. The predicted octanol–water partition coefficient (Wildman–Crippen LogP) is 2.76. The summed E-state index contributed by atoms with van der Waals surface area (Å²) in [6, 6.07) is 4.62. The third-order valence-electron chi connectivity index (χ3n) is 2.88. The maximum absolute atomic E-state index is 12.6. The van der Waals surface area contributed by atoms with Gasteiger partial charge in [0, 0.05) is 11.1 Å². The normalized spacial score (nSPS) is 10.4. The topological polar surface area (TPSA) is 55.8 Å². The van der Waals surface area contributed by atoms with E-state index in [4.69, 9.17) is 21.1 Å². The number of benzene rings is 1. The van der Waals surface area contributed by atoms with E-state index in [2.05, 4.69) is 0 Å². The van der Waals surface area contributed by atoms with E-state index in [0.29, 0.717) is 16.3 Å². The fourth-order valence-electron chi connectivity index (χ4n) is 1.83. The summed E-state index contributed by atoms with van der Waals surface area (Å²) in [5, 5.41) is 0.477. The fourth-order valence-corrected chi connectivity index (χ4v) is 1.99. The SMILES string of the molecule is CCOC(=O)CN(C(=O)c1ccc(Cl)cc1OC)C(C)C. The highest BCUT2D eigenvalue weighted by Gasteiger charge is 2.24. The summed E-state index contributed by atoms with van der Waals surface area (Å²) in [5.74, 6) is -0.360. The molecule has 0 aliphatic heterocycles. The smallest absolute Gasteiger partial charge is 0.325 e. The summed E-state index contributed by atoms with van der Waals surface area (Å²) >= 11 is 5.89. The third-order valence-corrected chi connectivity index (χ3v) is 3.12. The number of amides is 1. The number of methoxy groups -OCH3 is 1. The first-order chi connectivity index (χ1) is 9.90. The maximum Gasteiger partial charge on any atom is 0.325 e. The molecular formula is C15H20ClNO4. The first kappa shape index (κ1) is 17.3. The Morgan fingerprint density at radius 3 is 2.52 bits per heavy atom. The van der Waals surface area contributed by atoms with Crippen molar-refractivity contribution in [2.75, 3.05) is 20.3 Å². The molecule has 5 nitrogen and oxygen atoms in total. The lowest BCUT2D eigenvalue weighted by molar-refractivity contribution is -0.144. The molecule has 0 saturated heterocycles. The molecule has 1 rings (SSSR count). The maximum atomic E-state index is 12.6. The largest absolute Gasteiger partial charge is 0.496 e. The van der Waals surface area contributed by atoms with Crippen LogP contribution < -0.4 is 4.74 Å². The van der Waals surface area contributed by atoms with Gasteiger partial charge in [0.05, 0.1) is 19.3 Å². The highest BCUT2D eigenvalue weighted by molar-refractivity contribution is 6.30. The molecule has 0 aliphatic rings. The van der Waals surface area contributed by atoms with Crippen molar-refractivity contribution in [2.45, 2.75) is 26.8 Å². The number of ether oxygens (including phenoxy) is 2. The van der Waals surface area contributed by atoms with Gasteiger partial charge >= 0.3 is 5.97 Å². The Labute approximate surface area is 129 Å². The zero-order chi connectivity index (χ0) is 16.0. The van der Waals surface area contributed by atoms with E-state index in [9.17, 15) is 9.59 Å². The van der Waals surface area contributed by atoms with Crippen LogP contribution in [0.15, 0.2) is 18.2 Å². The van der Waals surface area contributed by atoms with Gasteiger partial charge in [-0.2, -0.15) is 0 Å². The Bertz CT molecular complexity index is 516. The number of nitrogens with zero attached hydrogens (tertiary/aromatic N) is 1. The first-order valence-electron chi connectivity index (χ1n) is 6.70. The van der Waals surface area contributed by atoms with Gasteiger partial charge in [0.25, 0.3) is 5.91 Å². The van der Waals surface area contributed by atoms with Gasteiger partial charge in [-0.05, 0) is 39.0 Å². The summed E-state index contributed by atoms with van der Waals surface area (Å²) < 4.78 is 10.1. The first-order valence-corrected chi connectivity index (χ1v) is 7.08. The zero-order valence-corrected chi connectivity index (χ0v) is 13.4. The quantitative estimate of drug-likeness (QED) is 0.758. The van der Waals surface area contributed by atoms with Crippen molar-refractivity contribution < 1.29 is 19.1 Å². The van der Waals surface area contributed by atoms with E-state index in [1.807, 2.05) is 13.8 Å². The van der Waals surface area contributed by atoms with Crippen LogP contribution in [-0.2, 0) is 9.53 Å². The van der Waals surface area contributed by atoms with Gasteiger partial charge in [0.1, 0.15) is 12.3 Å². The fraction of sp³-hybridized carbons (Fsp3) is 0.467. The lowest BCUT2D eigenvalue weighted by Crippen LogP contribution is -2.41. The van der Waals surface area contributed by atoms with Crippen molar-refractivity contribution in [3.63, 3.8) is 0 Å². The number of hydrogen-bond acceptors (Lipinski definition) is 4. The minimum absolute atomic E-state index is 0.101. The molecule has 0 fully saturated rings. The van der Waals surface area contributed by atoms with E-state index < -0.39 is 5.97 Å². The van der Waals surface area contributed by atoms with Crippen LogP contribution in [0.1, 0.15) is 31.1 Å². The Morgan fingerprint density at radius 2 is 2.00 bits per heavy atom. The highest BCUT2D eigenvalue weighted by atomic mass is 35.5. The summed E-state index contributed by atoms with van der Waals surface area (Å²) in [4.78, 5) is 25.7. The van der Waals surface area contributed by atoms with E-state index >= 15 is 0 Å². The monoisotopic (exact) mass is 313 g/mol. The highest BCUT2D eigenvalue weighted by Crippen LogP contribution is 2.25. The molecule has 116 valence electrons. The van der Waals surface area contributed by atoms with Gasteiger partial charge in [-0.25, -0.2) is 0 Å². The summed E-state index contributed by atoms with van der Waals surface area (Å²) in [5.41, 5.74) is 0.361. The molecule has 0 saturated carbocycles. The van der Waals surface area contributed by atoms with Crippen LogP contribution in [0.25, 0.3) is 0 Å². The lowest BCUT2D eigenvalue weighted by Gasteiger charge is -2.26. The van der Waals surface area contributed by atoms with Gasteiger partial charge in [-0.15, -0.1) is 0 Å². The summed E-state index contributed by atoms with van der Waals surface area (Å²) in [7, 11) is 1.47. The van der Waals surface area contributed by atoms with Gasteiger partial charge in [-0.3, -0.25) is 9.59 Å². The number of esters is 1. The van der Waals surface area contributed by atoms with Crippen molar-refractivity contribution in [2.24, 2.45) is 0 Å². The molecule has 0 atom stereocenters. The average molecular weight is 314 g/mol. The second kappa shape index (κ2) is 7.88. The van der Waals surface area contributed by atoms with Crippen LogP contribution in [-0.4, -0.2) is 43.1 Å². The molecule has 0 bridgehead atoms. The molecular weight excluding hydrogens is 294 g/mol. The van der Waals surface area contributed by atoms with Crippen molar-refractivity contribution in [3.05, 3.63) is 28.8 Å². The van der Waals surface area contributed by atoms with E-state index in [1.54, 1.807) is 25.1 Å². The number of halogens is 1. The van der Waals surface area contributed by atoms with Crippen molar-refractivity contribution >= 4 is 23.5 Å². The van der Waals surface area contributed by atoms with Gasteiger partial charge < -0.3 is 14.4 Å². The Balaban J connectivity index is 3.03. The van der Waals surface area contributed by atoms with Crippen LogP contribution in [0, 0.1) is 0 Å². The molecule has 1 amide bonds. The van der Waals surface area contributed by atoms with Crippen LogP contribution in [0.2, 0.25) is 5.02 Å². The number of rotatable bonds is 6. The van der Waals surface area contributed by atoms with Crippen LogP contribution in [0.3, 0.4) is 0 Å². The van der Waals surface area contributed by atoms with E-state index in [0.717, 1.165) is 0 Å². The Hall–Kier alpha value is -1.75. The molecule has 0 radical (unpaired) electrons. The molecule has 21 heavy (non-hydrogen) atoms. The standard InChI is InChI=1S/C15H20ClNO4/c1-5-21-14(18)9-17(10(2)3)15(19)12-7-6-11(16)8-13(12)20-4/h6-8,10H,5,9H2,1-4H3. The molecule has 0 unspecified atom stereocenters. The number of carbonyl (C=O) groups excluding carboxylic acids is 2. The van der Waals surface area contributed by atoms with Crippen LogP contribution >= 0.6 is 11.6 Å². The second-order valence-corrected chi connectivity index (χ2v) is 5.11. The van der Waals surface area contributed by atoms with Gasteiger partial charge in [0.2, 0.25) is 0 Å². The van der Waals surface area contributed by atoms with Gasteiger partial charge in [0.15, 0.2) is 0 Å². The van der Waals surface area contributed by atoms with Crippen molar-refractivity contribution in [3.8, 4) is 5.75 Å². The summed E-state index contributed by atoms with van der Waals surface area (Å²) in [6.45, 7) is 5.57. The Morgan fingerprint density at radius 1 is 1.33 bits per heavy atom.